The topological polar surface area (TPSA) is 53.0 Å². The van der Waals surface area contributed by atoms with E-state index in [2.05, 4.69) is 16.6 Å². The van der Waals surface area contributed by atoms with Gasteiger partial charge < -0.3 is 5.11 Å². The maximum atomic E-state index is 12.5. The summed E-state index contributed by atoms with van der Waals surface area (Å²) in [5.41, 5.74) is -2.58. The second kappa shape index (κ2) is 5.12. The maximum Gasteiger partial charge on any atom is 0.433 e. The van der Waals surface area contributed by atoms with Crippen molar-refractivity contribution in [1.29, 1.82) is 0 Å². The Hall–Kier alpha value is -1.70. The number of hydrogen-bond acceptors (Lipinski definition) is 3. The van der Waals surface area contributed by atoms with Gasteiger partial charge >= 0.3 is 11.6 Å². The summed E-state index contributed by atoms with van der Waals surface area (Å²) in [6.45, 7) is 0. The molecule has 1 aromatic rings. The molecule has 1 rings (SSSR count). The van der Waals surface area contributed by atoms with Crippen LogP contribution in [0.1, 0.15) is 11.3 Å². The first-order chi connectivity index (χ1) is 8.53. The van der Waals surface area contributed by atoms with Crippen LogP contribution >= 0.6 is 11.6 Å². The Balaban J connectivity index is 3.25. The number of alkyl halides is 6. The van der Waals surface area contributed by atoms with Crippen LogP contribution in [-0.4, -0.2) is 16.1 Å². The second-order valence-corrected chi connectivity index (χ2v) is 3.74. The summed E-state index contributed by atoms with van der Waals surface area (Å²) in [6.07, 6.45) is -4.37. The average Bonchev–Trinajstić information content (AvgIpc) is 2.26. The highest BCUT2D eigenvalue weighted by molar-refractivity contribution is 6.34. The van der Waals surface area contributed by atoms with Crippen LogP contribution in [0.5, 0.6) is 0 Å². The molecule has 0 aliphatic carbocycles. The van der Waals surface area contributed by atoms with Crippen molar-refractivity contribution in [2.75, 3.05) is 0 Å². The van der Waals surface area contributed by atoms with E-state index in [-0.39, 0.29) is 6.08 Å². The second-order valence-electron chi connectivity index (χ2n) is 3.27. The highest BCUT2D eigenvalue weighted by atomic mass is 35.5. The van der Waals surface area contributed by atoms with E-state index < -0.39 is 34.4 Å². The zero-order valence-electron chi connectivity index (χ0n) is 8.84. The summed E-state index contributed by atoms with van der Waals surface area (Å²) in [7, 11) is 0. The van der Waals surface area contributed by atoms with Crippen LogP contribution in [0, 0.1) is 0 Å². The lowest BCUT2D eigenvalue weighted by atomic mass is 10.1. The van der Waals surface area contributed by atoms with Crippen molar-refractivity contribution in [3.63, 3.8) is 0 Å². The predicted octanol–water partition coefficient (Wildman–Crippen LogP) is 2.20. The van der Waals surface area contributed by atoms with E-state index in [9.17, 15) is 31.9 Å². The van der Waals surface area contributed by atoms with Crippen molar-refractivity contribution in [1.82, 2.24) is 4.98 Å². The van der Waals surface area contributed by atoms with Gasteiger partial charge in [-0.15, -0.1) is 0 Å². The molecule has 104 valence electrons. The minimum absolute atomic E-state index is 0.195. The third kappa shape index (κ3) is 3.88. The summed E-state index contributed by atoms with van der Waals surface area (Å²) in [5.74, 6) is -3.65. The van der Waals surface area contributed by atoms with Gasteiger partial charge in [-0.05, 0) is 29.3 Å². The minimum atomic E-state index is -4.95. The van der Waals surface area contributed by atoms with Crippen molar-refractivity contribution >= 4 is 23.1 Å². The molecular weight excluding hydrogens is 297 g/mol. The third-order valence-electron chi connectivity index (χ3n) is 1.88. The molecular formula is C10H4ClF5NO2-. The number of rotatable bonds is 3. The largest absolute Gasteiger partial charge is 0.872 e. The number of allylic oxidation sites excluding steroid dienone is 1. The molecule has 0 atom stereocenters. The third-order valence-corrected chi connectivity index (χ3v) is 2.07. The number of carbonyl (C=O) groups is 1. The highest BCUT2D eigenvalue weighted by Gasteiger charge is 2.36. The maximum absolute atomic E-state index is 12.5. The normalized spacial score (nSPS) is 13.5. The lowest BCUT2D eigenvalue weighted by molar-refractivity contribution is -0.245. The molecule has 9 heteroatoms. The van der Waals surface area contributed by atoms with Gasteiger partial charge in [0, 0.05) is 6.20 Å². The molecule has 1 heterocycles. The van der Waals surface area contributed by atoms with Crippen molar-refractivity contribution < 1.29 is 31.9 Å². The Morgan fingerprint density at radius 2 is 1.89 bits per heavy atom. The van der Waals surface area contributed by atoms with Crippen molar-refractivity contribution in [2.45, 2.75) is 11.6 Å². The predicted molar refractivity (Wildman–Crippen MR) is 53.0 cm³/mol. The molecule has 1 aromatic heterocycles. The number of halogens is 6. The summed E-state index contributed by atoms with van der Waals surface area (Å²) >= 11 is 4.34. The number of hydrogen-bond donors (Lipinski definition) is 0. The standard InChI is InChI=1S/C10H5ClF5NO2/c11-9(12,13)7(19)4-6(18)5-2-1-3-17-8(5)10(14,15)16/h1-4,18H/p-1/b6-4-. The number of carbonyl (C=O) groups excluding carboxylic acids is 1. The van der Waals surface area contributed by atoms with Crippen LogP contribution in [0.2, 0.25) is 0 Å². The van der Waals surface area contributed by atoms with Gasteiger partial charge in [-0.3, -0.25) is 9.78 Å². The Labute approximate surface area is 108 Å². The van der Waals surface area contributed by atoms with E-state index in [1.807, 2.05) is 0 Å². The molecule has 19 heavy (non-hydrogen) atoms. The van der Waals surface area contributed by atoms with E-state index in [0.717, 1.165) is 12.3 Å². The van der Waals surface area contributed by atoms with Gasteiger partial charge in [0.15, 0.2) is 5.69 Å². The molecule has 0 aliphatic heterocycles. The van der Waals surface area contributed by atoms with Crippen LogP contribution in [0.4, 0.5) is 22.0 Å². The van der Waals surface area contributed by atoms with Crippen LogP contribution in [0.3, 0.4) is 0 Å². The fourth-order valence-corrected chi connectivity index (χ4v) is 1.16. The van der Waals surface area contributed by atoms with Gasteiger partial charge in [-0.1, -0.05) is 11.8 Å². The first kappa shape index (κ1) is 15.4. The van der Waals surface area contributed by atoms with Gasteiger partial charge in [-0.25, -0.2) is 0 Å². The van der Waals surface area contributed by atoms with Crippen molar-refractivity contribution in [3.05, 3.63) is 35.7 Å². The molecule has 0 aliphatic rings. The van der Waals surface area contributed by atoms with E-state index >= 15 is 0 Å². The molecule has 0 saturated heterocycles. The Morgan fingerprint density at radius 1 is 1.32 bits per heavy atom. The lowest BCUT2D eigenvalue weighted by Gasteiger charge is -2.17. The zero-order chi connectivity index (χ0) is 14.8. The first-order valence-electron chi connectivity index (χ1n) is 4.56. The number of nitrogens with zero attached hydrogens (tertiary/aromatic N) is 1. The van der Waals surface area contributed by atoms with Gasteiger partial charge in [0.05, 0.1) is 0 Å². The average molecular weight is 301 g/mol. The van der Waals surface area contributed by atoms with Crippen LogP contribution in [0.25, 0.3) is 5.76 Å². The van der Waals surface area contributed by atoms with Crippen LogP contribution < -0.4 is 5.11 Å². The zero-order valence-corrected chi connectivity index (χ0v) is 9.60. The molecule has 0 radical (unpaired) electrons. The van der Waals surface area contributed by atoms with Gasteiger partial charge in [0.25, 0.3) is 0 Å². The SMILES string of the molecule is O=C(/C=C(\[O-])c1cccnc1C(F)(F)F)C(F)(F)Cl. The highest BCUT2D eigenvalue weighted by Crippen LogP contribution is 2.32. The minimum Gasteiger partial charge on any atom is -0.872 e. The quantitative estimate of drug-likeness (QED) is 0.372. The Kier molecular flexibility index (Phi) is 4.14. The monoisotopic (exact) mass is 300 g/mol. The fourth-order valence-electron chi connectivity index (χ4n) is 1.11. The molecule has 0 saturated carbocycles. The van der Waals surface area contributed by atoms with Gasteiger partial charge in [0.1, 0.15) is 0 Å². The Bertz CT molecular complexity index is 521. The van der Waals surface area contributed by atoms with E-state index in [1.54, 1.807) is 0 Å². The molecule has 0 aromatic carbocycles. The number of aromatic nitrogens is 1. The van der Waals surface area contributed by atoms with Crippen molar-refractivity contribution in [3.8, 4) is 0 Å². The molecule has 0 spiro atoms. The van der Waals surface area contributed by atoms with Crippen LogP contribution in [0.15, 0.2) is 24.4 Å². The van der Waals surface area contributed by atoms with E-state index in [4.69, 9.17) is 0 Å². The molecule has 0 bridgehead atoms. The molecule has 3 nitrogen and oxygen atoms in total. The lowest BCUT2D eigenvalue weighted by Crippen LogP contribution is -2.22. The molecule has 0 amide bonds. The van der Waals surface area contributed by atoms with Gasteiger partial charge in [-0.2, -0.15) is 22.0 Å². The van der Waals surface area contributed by atoms with E-state index in [0.29, 0.717) is 6.07 Å². The van der Waals surface area contributed by atoms with Crippen molar-refractivity contribution in [2.24, 2.45) is 0 Å². The first-order valence-corrected chi connectivity index (χ1v) is 4.93. The summed E-state index contributed by atoms with van der Waals surface area (Å²) in [6, 6.07) is 1.72. The smallest absolute Gasteiger partial charge is 0.433 e. The number of ketones is 1. The number of pyridine rings is 1. The fraction of sp³-hybridized carbons (Fsp3) is 0.200. The Morgan fingerprint density at radius 3 is 2.37 bits per heavy atom. The van der Waals surface area contributed by atoms with E-state index in [1.165, 1.54) is 0 Å². The molecule has 0 unspecified atom stereocenters. The van der Waals surface area contributed by atoms with Gasteiger partial charge in [0.2, 0.25) is 5.78 Å². The summed E-state index contributed by atoms with van der Waals surface area (Å²) < 4.78 is 62.1. The molecule has 0 N–H and O–H groups in total. The summed E-state index contributed by atoms with van der Waals surface area (Å²) in [5, 5.41) is 7.01. The molecule has 0 fully saturated rings. The van der Waals surface area contributed by atoms with Crippen LogP contribution in [-0.2, 0) is 11.0 Å². The summed E-state index contributed by atoms with van der Waals surface area (Å²) in [4.78, 5) is 13.7.